The van der Waals surface area contributed by atoms with E-state index < -0.39 is 5.54 Å². The molecule has 0 aliphatic carbocycles. The van der Waals surface area contributed by atoms with Gasteiger partial charge in [-0.1, -0.05) is 18.2 Å². The standard InChI is InChI=1S/C11H15FN2.2ClH/c12-10-4-2-1-3-9(10)11(13)5-7-14-8-6-11;;/h1-4,14H,5-8,13H2;2*1H. The van der Waals surface area contributed by atoms with E-state index in [1.807, 2.05) is 6.07 Å². The number of halogens is 3. The van der Waals surface area contributed by atoms with Crippen LogP contribution in [0.5, 0.6) is 0 Å². The molecule has 1 aliphatic rings. The Morgan fingerprint density at radius 2 is 1.69 bits per heavy atom. The summed E-state index contributed by atoms with van der Waals surface area (Å²) in [6.07, 6.45) is 1.60. The van der Waals surface area contributed by atoms with E-state index in [1.165, 1.54) is 6.07 Å². The van der Waals surface area contributed by atoms with E-state index in [0.29, 0.717) is 5.56 Å². The Balaban J connectivity index is 0.00000112. The minimum atomic E-state index is -0.476. The van der Waals surface area contributed by atoms with Gasteiger partial charge in [-0.25, -0.2) is 4.39 Å². The Kier molecular flexibility index (Phi) is 6.26. The van der Waals surface area contributed by atoms with Crippen molar-refractivity contribution >= 4 is 24.8 Å². The molecular weight excluding hydrogens is 250 g/mol. The van der Waals surface area contributed by atoms with Crippen LogP contribution < -0.4 is 11.1 Å². The summed E-state index contributed by atoms with van der Waals surface area (Å²) in [7, 11) is 0. The second-order valence-electron chi connectivity index (χ2n) is 3.89. The third kappa shape index (κ3) is 3.08. The van der Waals surface area contributed by atoms with Crippen LogP contribution in [-0.2, 0) is 5.54 Å². The minimum absolute atomic E-state index is 0. The smallest absolute Gasteiger partial charge is 0.128 e. The van der Waals surface area contributed by atoms with Crippen LogP contribution in [0.3, 0.4) is 0 Å². The first-order chi connectivity index (χ1) is 6.72. The maximum atomic E-state index is 13.5. The van der Waals surface area contributed by atoms with Gasteiger partial charge >= 0.3 is 0 Å². The lowest BCUT2D eigenvalue weighted by Crippen LogP contribution is -2.46. The van der Waals surface area contributed by atoms with Crippen molar-refractivity contribution in [2.24, 2.45) is 5.73 Å². The highest BCUT2D eigenvalue weighted by atomic mass is 35.5. The fraction of sp³-hybridized carbons (Fsp3) is 0.455. The van der Waals surface area contributed by atoms with Crippen molar-refractivity contribution in [1.29, 1.82) is 0 Å². The fourth-order valence-corrected chi connectivity index (χ4v) is 2.01. The van der Waals surface area contributed by atoms with Crippen LogP contribution in [0.1, 0.15) is 18.4 Å². The van der Waals surface area contributed by atoms with Crippen molar-refractivity contribution in [3.8, 4) is 0 Å². The molecule has 1 aromatic rings. The number of benzene rings is 1. The van der Waals surface area contributed by atoms with Crippen molar-refractivity contribution in [1.82, 2.24) is 5.32 Å². The first kappa shape index (κ1) is 15.7. The van der Waals surface area contributed by atoms with Crippen molar-refractivity contribution in [2.45, 2.75) is 18.4 Å². The van der Waals surface area contributed by atoms with Crippen LogP contribution in [0.25, 0.3) is 0 Å². The van der Waals surface area contributed by atoms with Gasteiger partial charge in [-0.3, -0.25) is 0 Å². The second-order valence-corrected chi connectivity index (χ2v) is 3.89. The van der Waals surface area contributed by atoms with Gasteiger partial charge in [0.25, 0.3) is 0 Å². The summed E-state index contributed by atoms with van der Waals surface area (Å²) in [5, 5.41) is 3.23. The van der Waals surface area contributed by atoms with Crippen LogP contribution in [0.2, 0.25) is 0 Å². The maximum absolute atomic E-state index is 13.5. The van der Waals surface area contributed by atoms with E-state index >= 15 is 0 Å². The number of hydrogen-bond acceptors (Lipinski definition) is 2. The Labute approximate surface area is 108 Å². The average Bonchev–Trinajstić information content (AvgIpc) is 2.19. The molecule has 0 bridgehead atoms. The molecule has 1 aromatic carbocycles. The fourth-order valence-electron chi connectivity index (χ4n) is 2.01. The monoisotopic (exact) mass is 266 g/mol. The molecule has 1 aliphatic heterocycles. The molecule has 92 valence electrons. The van der Waals surface area contributed by atoms with E-state index in [1.54, 1.807) is 12.1 Å². The molecule has 16 heavy (non-hydrogen) atoms. The van der Waals surface area contributed by atoms with Crippen LogP contribution in [0.15, 0.2) is 24.3 Å². The Morgan fingerprint density at radius 3 is 2.25 bits per heavy atom. The molecule has 0 atom stereocenters. The molecule has 5 heteroatoms. The third-order valence-corrected chi connectivity index (χ3v) is 2.91. The zero-order chi connectivity index (χ0) is 10.0. The SMILES string of the molecule is Cl.Cl.NC1(c2ccccc2F)CCNCC1. The number of piperidine rings is 1. The molecule has 0 radical (unpaired) electrons. The molecular formula is C11H17Cl2FN2. The lowest BCUT2D eigenvalue weighted by molar-refractivity contribution is 0.307. The number of hydrogen-bond donors (Lipinski definition) is 2. The number of nitrogens with one attached hydrogen (secondary N) is 1. The average molecular weight is 267 g/mol. The van der Waals surface area contributed by atoms with Gasteiger partial charge in [0, 0.05) is 11.1 Å². The highest BCUT2D eigenvalue weighted by Crippen LogP contribution is 2.29. The van der Waals surface area contributed by atoms with Crippen LogP contribution in [0.4, 0.5) is 4.39 Å². The van der Waals surface area contributed by atoms with Crippen LogP contribution >= 0.6 is 24.8 Å². The lowest BCUT2D eigenvalue weighted by atomic mass is 9.82. The van der Waals surface area contributed by atoms with E-state index in [4.69, 9.17) is 5.73 Å². The van der Waals surface area contributed by atoms with Gasteiger partial charge in [-0.15, -0.1) is 24.8 Å². The molecule has 2 rings (SSSR count). The summed E-state index contributed by atoms with van der Waals surface area (Å²) in [5.74, 6) is -0.183. The van der Waals surface area contributed by atoms with Crippen LogP contribution in [0, 0.1) is 5.82 Å². The van der Waals surface area contributed by atoms with E-state index in [0.717, 1.165) is 25.9 Å². The van der Waals surface area contributed by atoms with Gasteiger partial charge < -0.3 is 11.1 Å². The predicted molar refractivity (Wildman–Crippen MR) is 68.9 cm³/mol. The Bertz CT molecular complexity index is 328. The first-order valence-electron chi connectivity index (χ1n) is 4.97. The molecule has 0 aromatic heterocycles. The van der Waals surface area contributed by atoms with Gasteiger partial charge in [-0.05, 0) is 32.0 Å². The summed E-state index contributed by atoms with van der Waals surface area (Å²) < 4.78 is 13.5. The van der Waals surface area contributed by atoms with Gasteiger partial charge in [0.05, 0.1) is 0 Å². The van der Waals surface area contributed by atoms with Gasteiger partial charge in [0.1, 0.15) is 5.82 Å². The summed E-state index contributed by atoms with van der Waals surface area (Å²) in [5.41, 5.74) is 6.38. The second kappa shape index (κ2) is 6.40. The summed E-state index contributed by atoms with van der Waals surface area (Å²) in [4.78, 5) is 0. The quantitative estimate of drug-likeness (QED) is 0.818. The molecule has 1 saturated heterocycles. The molecule has 1 heterocycles. The zero-order valence-corrected chi connectivity index (χ0v) is 10.5. The molecule has 0 spiro atoms. The summed E-state index contributed by atoms with van der Waals surface area (Å²) in [6, 6.07) is 6.81. The van der Waals surface area contributed by atoms with Crippen molar-refractivity contribution in [3.63, 3.8) is 0 Å². The highest BCUT2D eigenvalue weighted by Gasteiger charge is 2.31. The number of nitrogens with two attached hydrogens (primary N) is 1. The zero-order valence-electron chi connectivity index (χ0n) is 8.91. The van der Waals surface area contributed by atoms with Gasteiger partial charge in [0.2, 0.25) is 0 Å². The molecule has 0 unspecified atom stereocenters. The first-order valence-corrected chi connectivity index (χ1v) is 4.97. The van der Waals surface area contributed by atoms with E-state index in [-0.39, 0.29) is 30.6 Å². The minimum Gasteiger partial charge on any atom is -0.321 e. The predicted octanol–water partition coefficient (Wildman–Crippen LogP) is 2.21. The topological polar surface area (TPSA) is 38.0 Å². The van der Waals surface area contributed by atoms with Crippen molar-refractivity contribution in [3.05, 3.63) is 35.6 Å². The van der Waals surface area contributed by atoms with E-state index in [2.05, 4.69) is 5.32 Å². The third-order valence-electron chi connectivity index (χ3n) is 2.91. The maximum Gasteiger partial charge on any atom is 0.128 e. The molecule has 0 saturated carbocycles. The Morgan fingerprint density at radius 1 is 1.12 bits per heavy atom. The molecule has 3 N–H and O–H groups in total. The molecule has 0 amide bonds. The van der Waals surface area contributed by atoms with Gasteiger partial charge in [0.15, 0.2) is 0 Å². The number of rotatable bonds is 1. The summed E-state index contributed by atoms with van der Waals surface area (Å²) >= 11 is 0. The van der Waals surface area contributed by atoms with Crippen molar-refractivity contribution < 1.29 is 4.39 Å². The van der Waals surface area contributed by atoms with E-state index in [9.17, 15) is 4.39 Å². The summed E-state index contributed by atoms with van der Waals surface area (Å²) in [6.45, 7) is 1.73. The molecule has 1 fully saturated rings. The highest BCUT2D eigenvalue weighted by molar-refractivity contribution is 5.85. The van der Waals surface area contributed by atoms with Crippen molar-refractivity contribution in [2.75, 3.05) is 13.1 Å². The largest absolute Gasteiger partial charge is 0.321 e. The van der Waals surface area contributed by atoms with Gasteiger partial charge in [-0.2, -0.15) is 0 Å². The van der Waals surface area contributed by atoms with Crippen LogP contribution in [-0.4, -0.2) is 13.1 Å². The Hall–Kier alpha value is -0.350. The normalized spacial score (nSPS) is 18.1. The lowest BCUT2D eigenvalue weighted by Gasteiger charge is -2.34. The molecule has 2 nitrogen and oxygen atoms in total.